The van der Waals surface area contributed by atoms with Crippen molar-refractivity contribution in [3.63, 3.8) is 0 Å². The minimum absolute atomic E-state index is 0.0966. The first-order chi connectivity index (χ1) is 11.7. The molecule has 1 aromatic rings. The molecule has 0 spiro atoms. The maximum Gasteiger partial charge on any atom is 0.244 e. The third kappa shape index (κ3) is 3.83. The van der Waals surface area contributed by atoms with E-state index >= 15 is 0 Å². The number of hydrogen-bond donors (Lipinski definition) is 0. The Morgan fingerprint density at radius 1 is 1.19 bits per heavy atom. The van der Waals surface area contributed by atoms with Crippen molar-refractivity contribution in [2.75, 3.05) is 6.61 Å². The van der Waals surface area contributed by atoms with Crippen LogP contribution in [0, 0.1) is 20.8 Å². The standard InChI is InChI=1S/C20H33NO3SSi/c1-10-17-18(13-24-26(8,9)20(5,6)7)21(17)25(22,23)19-15(3)11-14(2)12-16(19)4/h10-12,17-18H,1,13H2,2-9H3/t17-,18-,21?/m0/s1. The number of benzene rings is 1. The Bertz CT molecular complexity index is 786. The summed E-state index contributed by atoms with van der Waals surface area (Å²) in [7, 11) is -5.48. The van der Waals surface area contributed by atoms with Crippen LogP contribution in [0.2, 0.25) is 18.1 Å². The van der Waals surface area contributed by atoms with Gasteiger partial charge < -0.3 is 4.43 Å². The van der Waals surface area contributed by atoms with Crippen LogP contribution >= 0.6 is 0 Å². The van der Waals surface area contributed by atoms with Gasteiger partial charge in [0.15, 0.2) is 8.32 Å². The fourth-order valence-corrected chi connectivity index (χ4v) is 6.44. The van der Waals surface area contributed by atoms with Gasteiger partial charge in [-0.05, 0) is 50.0 Å². The summed E-state index contributed by atoms with van der Waals surface area (Å²) < 4.78 is 34.4. The molecule has 26 heavy (non-hydrogen) atoms. The van der Waals surface area contributed by atoms with Crippen molar-refractivity contribution in [2.24, 2.45) is 0 Å². The zero-order chi connectivity index (χ0) is 20.1. The van der Waals surface area contributed by atoms with Crippen LogP contribution in [0.25, 0.3) is 0 Å². The second-order valence-electron chi connectivity index (χ2n) is 8.93. The van der Waals surface area contributed by atoms with Crippen LogP contribution in [-0.2, 0) is 14.4 Å². The van der Waals surface area contributed by atoms with E-state index in [-0.39, 0.29) is 17.1 Å². The van der Waals surface area contributed by atoms with Gasteiger partial charge in [0, 0.05) is 0 Å². The lowest BCUT2D eigenvalue weighted by Crippen LogP contribution is -2.42. The van der Waals surface area contributed by atoms with Crippen LogP contribution in [0.3, 0.4) is 0 Å². The maximum atomic E-state index is 13.3. The molecule has 1 aliphatic rings. The van der Waals surface area contributed by atoms with Crippen molar-refractivity contribution in [3.8, 4) is 0 Å². The molecule has 1 aliphatic heterocycles. The summed E-state index contributed by atoms with van der Waals surface area (Å²) in [6.07, 6.45) is 1.72. The molecule has 1 fully saturated rings. The quantitative estimate of drug-likeness (QED) is 0.403. The van der Waals surface area contributed by atoms with Crippen LogP contribution in [0.15, 0.2) is 29.7 Å². The number of sulfonamides is 1. The Balaban J connectivity index is 2.27. The van der Waals surface area contributed by atoms with E-state index in [9.17, 15) is 8.42 Å². The smallest absolute Gasteiger partial charge is 0.244 e. The Kier molecular flexibility index (Phi) is 5.66. The van der Waals surface area contributed by atoms with Crippen LogP contribution in [0.1, 0.15) is 37.5 Å². The first kappa shape index (κ1) is 21.3. The highest BCUT2D eigenvalue weighted by molar-refractivity contribution is 7.89. The molecule has 3 atom stereocenters. The van der Waals surface area contributed by atoms with E-state index in [2.05, 4.69) is 40.4 Å². The van der Waals surface area contributed by atoms with Crippen molar-refractivity contribution in [2.45, 2.75) is 76.7 Å². The number of hydrogen-bond acceptors (Lipinski definition) is 3. The molecule has 0 N–H and O–H groups in total. The molecule has 2 rings (SSSR count). The molecule has 1 saturated heterocycles. The first-order valence-electron chi connectivity index (χ1n) is 9.12. The van der Waals surface area contributed by atoms with Gasteiger partial charge >= 0.3 is 0 Å². The summed E-state index contributed by atoms with van der Waals surface area (Å²) in [5.41, 5.74) is 2.66. The molecular weight excluding hydrogens is 362 g/mol. The Morgan fingerprint density at radius 3 is 2.12 bits per heavy atom. The summed E-state index contributed by atoms with van der Waals surface area (Å²) in [5, 5.41) is 0.0966. The van der Waals surface area contributed by atoms with E-state index < -0.39 is 18.3 Å². The zero-order valence-corrected chi connectivity index (χ0v) is 19.2. The Morgan fingerprint density at radius 2 is 1.69 bits per heavy atom. The van der Waals surface area contributed by atoms with Gasteiger partial charge in [-0.15, -0.1) is 6.58 Å². The highest BCUT2D eigenvalue weighted by atomic mass is 32.2. The molecule has 1 unspecified atom stereocenters. The predicted molar refractivity (Wildman–Crippen MR) is 111 cm³/mol. The first-order valence-corrected chi connectivity index (χ1v) is 13.5. The normalized spacial score (nSPS) is 23.8. The number of rotatable bonds is 6. The lowest BCUT2D eigenvalue weighted by molar-refractivity contribution is 0.281. The maximum absolute atomic E-state index is 13.3. The van der Waals surface area contributed by atoms with E-state index in [0.29, 0.717) is 11.5 Å². The molecule has 0 saturated carbocycles. The monoisotopic (exact) mass is 395 g/mol. The van der Waals surface area contributed by atoms with Crippen molar-refractivity contribution in [1.29, 1.82) is 0 Å². The fraction of sp³-hybridized carbons (Fsp3) is 0.600. The van der Waals surface area contributed by atoms with Gasteiger partial charge in [0.2, 0.25) is 10.0 Å². The highest BCUT2D eigenvalue weighted by Crippen LogP contribution is 2.41. The van der Waals surface area contributed by atoms with Gasteiger partial charge in [-0.2, -0.15) is 4.31 Å². The summed E-state index contributed by atoms with van der Waals surface area (Å²) in [5.74, 6) is 0. The molecule has 1 aromatic carbocycles. The minimum Gasteiger partial charge on any atom is -0.415 e. The molecular formula is C20H33NO3SSi. The predicted octanol–water partition coefficient (Wildman–Crippen LogP) is 4.56. The van der Waals surface area contributed by atoms with E-state index in [4.69, 9.17) is 4.43 Å². The third-order valence-electron chi connectivity index (χ3n) is 5.73. The summed E-state index contributed by atoms with van der Waals surface area (Å²) in [6.45, 7) is 20.9. The van der Waals surface area contributed by atoms with E-state index in [0.717, 1.165) is 16.7 Å². The van der Waals surface area contributed by atoms with E-state index in [1.165, 1.54) is 0 Å². The summed E-state index contributed by atoms with van der Waals surface area (Å²) in [6, 6.07) is 3.50. The SMILES string of the molecule is C=C[C@H]1[C@H](CO[Si](C)(C)C(C)(C)C)N1S(=O)(=O)c1c(C)cc(C)cc1C. The lowest BCUT2D eigenvalue weighted by Gasteiger charge is -2.36. The fourth-order valence-electron chi connectivity index (χ4n) is 3.24. The zero-order valence-electron chi connectivity index (χ0n) is 17.4. The second-order valence-corrected chi connectivity index (χ2v) is 15.5. The molecule has 1 heterocycles. The molecule has 0 amide bonds. The summed E-state index contributed by atoms with van der Waals surface area (Å²) in [4.78, 5) is 0.421. The molecule has 146 valence electrons. The summed E-state index contributed by atoms with van der Waals surface area (Å²) >= 11 is 0. The molecule has 0 aromatic heterocycles. The molecule has 0 bridgehead atoms. The third-order valence-corrected chi connectivity index (χ3v) is 12.5. The molecule has 6 heteroatoms. The second kappa shape index (κ2) is 6.89. The van der Waals surface area contributed by atoms with Crippen molar-refractivity contribution in [1.82, 2.24) is 4.31 Å². The van der Waals surface area contributed by atoms with Crippen LogP contribution in [0.4, 0.5) is 0 Å². The average molecular weight is 396 g/mol. The van der Waals surface area contributed by atoms with Crippen molar-refractivity contribution in [3.05, 3.63) is 41.5 Å². The van der Waals surface area contributed by atoms with Crippen LogP contribution < -0.4 is 0 Å². The van der Waals surface area contributed by atoms with Gasteiger partial charge in [0.1, 0.15) is 0 Å². The lowest BCUT2D eigenvalue weighted by atomic mass is 10.1. The van der Waals surface area contributed by atoms with E-state index in [1.54, 1.807) is 10.4 Å². The van der Waals surface area contributed by atoms with Crippen LogP contribution in [-0.4, -0.2) is 39.7 Å². The van der Waals surface area contributed by atoms with Crippen LogP contribution in [0.5, 0.6) is 0 Å². The molecule has 4 nitrogen and oxygen atoms in total. The Hall–Kier alpha value is -0.953. The van der Waals surface area contributed by atoms with Gasteiger partial charge in [-0.25, -0.2) is 8.42 Å². The number of aryl methyl sites for hydroxylation is 3. The largest absolute Gasteiger partial charge is 0.415 e. The highest BCUT2D eigenvalue weighted by Gasteiger charge is 2.55. The molecule has 0 radical (unpaired) electrons. The van der Waals surface area contributed by atoms with Gasteiger partial charge in [-0.3, -0.25) is 0 Å². The Labute approximate surface area is 160 Å². The van der Waals surface area contributed by atoms with Crippen molar-refractivity contribution < 1.29 is 12.8 Å². The van der Waals surface area contributed by atoms with Gasteiger partial charge in [-0.1, -0.05) is 44.5 Å². The van der Waals surface area contributed by atoms with Gasteiger partial charge in [0.05, 0.1) is 23.6 Å². The van der Waals surface area contributed by atoms with Gasteiger partial charge in [0.25, 0.3) is 0 Å². The van der Waals surface area contributed by atoms with Crippen molar-refractivity contribution >= 4 is 18.3 Å². The topological polar surface area (TPSA) is 46.4 Å². The average Bonchev–Trinajstić information content (AvgIpc) is 3.16. The minimum atomic E-state index is -3.56. The van der Waals surface area contributed by atoms with E-state index in [1.807, 2.05) is 32.9 Å². The molecule has 0 aliphatic carbocycles. The number of nitrogens with zero attached hydrogens (tertiary/aromatic N) is 1.